The average molecular weight is 543 g/mol. The molecule has 9 nitrogen and oxygen atoms in total. The van der Waals surface area contributed by atoms with Crippen molar-refractivity contribution in [2.75, 3.05) is 13.2 Å². The van der Waals surface area contributed by atoms with Gasteiger partial charge in [-0.15, -0.1) is 0 Å². The summed E-state index contributed by atoms with van der Waals surface area (Å²) in [7, 11) is 0. The third kappa shape index (κ3) is 7.01. The highest BCUT2D eigenvalue weighted by Crippen LogP contribution is 2.39. The average Bonchev–Trinajstić information content (AvgIpc) is 3.85. The normalized spacial score (nSPS) is 20.6. The Morgan fingerprint density at radius 3 is 2.59 bits per heavy atom. The van der Waals surface area contributed by atoms with E-state index in [1.54, 1.807) is 30.3 Å². The lowest BCUT2D eigenvalue weighted by molar-refractivity contribution is -0.136. The van der Waals surface area contributed by atoms with Gasteiger partial charge in [-0.1, -0.05) is 12.1 Å². The summed E-state index contributed by atoms with van der Waals surface area (Å²) in [6.45, 7) is -0.727. The van der Waals surface area contributed by atoms with Gasteiger partial charge < -0.3 is 25.0 Å². The van der Waals surface area contributed by atoms with Crippen LogP contribution in [0.25, 0.3) is 0 Å². The molecule has 2 saturated carbocycles. The smallest absolute Gasteiger partial charge is 0.387 e. The number of halogens is 2. The maximum absolute atomic E-state index is 13.2. The standard InChI is InChI=1S/C28H32F2N4O5/c1-16(35)34-14-19(18-7-10-24(39-28(29)30)25(12-18)38-15-17-5-6-17)11-23(34)27(37)31-13-21-3-2-4-22(32-21)26(36)33-20-8-9-20/h2-4,7,10,12,17,19-20,23,28H,5-6,8-9,11,13-15H2,1H3,(H,31,37)(H,33,36)/t19?,23-/m1/s1. The lowest BCUT2D eigenvalue weighted by Gasteiger charge is -2.22. The first-order valence-corrected chi connectivity index (χ1v) is 13.3. The number of hydrogen-bond donors (Lipinski definition) is 2. The molecule has 0 spiro atoms. The Morgan fingerprint density at radius 1 is 1.10 bits per heavy atom. The van der Waals surface area contributed by atoms with E-state index in [0.717, 1.165) is 31.2 Å². The molecule has 11 heteroatoms. The first-order chi connectivity index (χ1) is 18.8. The molecule has 2 N–H and O–H groups in total. The van der Waals surface area contributed by atoms with Crippen LogP contribution in [0.4, 0.5) is 8.78 Å². The Balaban J connectivity index is 1.25. The van der Waals surface area contributed by atoms with Crippen LogP contribution in [0.1, 0.15) is 66.7 Å². The summed E-state index contributed by atoms with van der Waals surface area (Å²) in [5.41, 5.74) is 1.60. The van der Waals surface area contributed by atoms with Gasteiger partial charge in [0, 0.05) is 25.4 Å². The molecule has 39 heavy (non-hydrogen) atoms. The third-order valence-corrected chi connectivity index (χ3v) is 7.23. The van der Waals surface area contributed by atoms with Gasteiger partial charge in [0.1, 0.15) is 11.7 Å². The maximum Gasteiger partial charge on any atom is 0.387 e. The molecule has 3 fully saturated rings. The van der Waals surface area contributed by atoms with E-state index in [9.17, 15) is 23.2 Å². The van der Waals surface area contributed by atoms with Crippen molar-refractivity contribution in [1.82, 2.24) is 20.5 Å². The molecule has 5 rings (SSSR count). The van der Waals surface area contributed by atoms with E-state index in [2.05, 4.69) is 20.4 Å². The highest BCUT2D eigenvalue weighted by atomic mass is 19.3. The summed E-state index contributed by atoms with van der Waals surface area (Å²) in [5.74, 6) is -0.380. The second-order valence-electron chi connectivity index (χ2n) is 10.4. The minimum Gasteiger partial charge on any atom is -0.489 e. The van der Waals surface area contributed by atoms with E-state index in [1.807, 2.05) is 0 Å². The van der Waals surface area contributed by atoms with Crippen LogP contribution in [0.5, 0.6) is 11.5 Å². The van der Waals surface area contributed by atoms with Gasteiger partial charge in [0.05, 0.1) is 18.8 Å². The van der Waals surface area contributed by atoms with Gasteiger partial charge in [-0.25, -0.2) is 4.98 Å². The van der Waals surface area contributed by atoms with Crippen molar-refractivity contribution >= 4 is 17.7 Å². The number of nitrogens with zero attached hydrogens (tertiary/aromatic N) is 2. The molecular formula is C28H32F2N4O5. The van der Waals surface area contributed by atoms with Crippen LogP contribution in [0.15, 0.2) is 36.4 Å². The van der Waals surface area contributed by atoms with Crippen molar-refractivity contribution in [3.8, 4) is 11.5 Å². The van der Waals surface area contributed by atoms with Gasteiger partial charge in [0.25, 0.3) is 5.91 Å². The molecular weight excluding hydrogens is 510 g/mol. The van der Waals surface area contributed by atoms with Gasteiger partial charge in [0.2, 0.25) is 11.8 Å². The highest BCUT2D eigenvalue weighted by Gasteiger charge is 2.39. The number of alkyl halides is 2. The molecule has 1 aromatic carbocycles. The molecule has 0 bridgehead atoms. The fraction of sp³-hybridized carbons (Fsp3) is 0.500. The number of carbonyl (C=O) groups excluding carboxylic acids is 3. The Morgan fingerprint density at radius 2 is 1.90 bits per heavy atom. The summed E-state index contributed by atoms with van der Waals surface area (Å²) < 4.78 is 36.3. The van der Waals surface area contributed by atoms with E-state index in [-0.39, 0.29) is 47.7 Å². The van der Waals surface area contributed by atoms with Gasteiger partial charge in [-0.05, 0) is 67.9 Å². The molecule has 1 unspecified atom stereocenters. The van der Waals surface area contributed by atoms with Crippen molar-refractivity contribution < 1.29 is 32.6 Å². The molecule has 1 aliphatic heterocycles. The van der Waals surface area contributed by atoms with Gasteiger partial charge in [0.15, 0.2) is 11.5 Å². The quantitative estimate of drug-likeness (QED) is 0.451. The summed E-state index contributed by atoms with van der Waals surface area (Å²) in [6, 6.07) is 9.37. The number of carbonyl (C=O) groups is 3. The molecule has 2 aliphatic carbocycles. The molecule has 2 aromatic rings. The number of hydrogen-bond acceptors (Lipinski definition) is 6. The van der Waals surface area contributed by atoms with Crippen molar-refractivity contribution in [2.45, 2.75) is 70.2 Å². The van der Waals surface area contributed by atoms with Crippen molar-refractivity contribution in [2.24, 2.45) is 5.92 Å². The van der Waals surface area contributed by atoms with Crippen molar-refractivity contribution in [3.05, 3.63) is 53.3 Å². The highest BCUT2D eigenvalue weighted by molar-refractivity contribution is 5.92. The third-order valence-electron chi connectivity index (χ3n) is 7.23. The molecule has 2 atom stereocenters. The van der Waals surface area contributed by atoms with E-state index in [0.29, 0.717) is 36.9 Å². The van der Waals surface area contributed by atoms with E-state index in [1.165, 1.54) is 17.9 Å². The van der Waals surface area contributed by atoms with Crippen molar-refractivity contribution in [1.29, 1.82) is 0 Å². The van der Waals surface area contributed by atoms with Gasteiger partial charge >= 0.3 is 6.61 Å². The Labute approximate surface area is 225 Å². The molecule has 3 amide bonds. The summed E-state index contributed by atoms with van der Waals surface area (Å²) in [4.78, 5) is 43.8. The van der Waals surface area contributed by atoms with Gasteiger partial charge in [-0.3, -0.25) is 14.4 Å². The minimum absolute atomic E-state index is 0.0364. The second kappa shape index (κ2) is 11.5. The van der Waals surface area contributed by atoms with E-state index < -0.39 is 12.7 Å². The van der Waals surface area contributed by atoms with Crippen LogP contribution in [0.2, 0.25) is 0 Å². The summed E-state index contributed by atoms with van der Waals surface area (Å²) >= 11 is 0. The molecule has 0 radical (unpaired) electrons. The zero-order valence-electron chi connectivity index (χ0n) is 21.7. The maximum atomic E-state index is 13.2. The molecule has 1 saturated heterocycles. The number of nitrogens with one attached hydrogen (secondary N) is 2. The largest absolute Gasteiger partial charge is 0.489 e. The van der Waals surface area contributed by atoms with Crippen molar-refractivity contribution in [3.63, 3.8) is 0 Å². The van der Waals surface area contributed by atoms with Crippen LogP contribution >= 0.6 is 0 Å². The fourth-order valence-corrected chi connectivity index (χ4v) is 4.74. The zero-order chi connectivity index (χ0) is 27.5. The van der Waals surface area contributed by atoms with Crippen LogP contribution < -0.4 is 20.1 Å². The molecule has 1 aromatic heterocycles. The number of rotatable bonds is 11. The topological polar surface area (TPSA) is 110 Å². The monoisotopic (exact) mass is 542 g/mol. The van der Waals surface area contributed by atoms with Gasteiger partial charge in [-0.2, -0.15) is 8.78 Å². The number of amides is 3. The first kappa shape index (κ1) is 26.8. The van der Waals surface area contributed by atoms with E-state index in [4.69, 9.17) is 4.74 Å². The van der Waals surface area contributed by atoms with E-state index >= 15 is 0 Å². The first-order valence-electron chi connectivity index (χ1n) is 13.3. The lowest BCUT2D eigenvalue weighted by Crippen LogP contribution is -2.45. The second-order valence-corrected chi connectivity index (χ2v) is 10.4. The summed E-state index contributed by atoms with van der Waals surface area (Å²) in [5, 5.41) is 5.74. The van der Waals surface area contributed by atoms with Crippen LogP contribution in [-0.2, 0) is 16.1 Å². The molecule has 208 valence electrons. The van der Waals surface area contributed by atoms with Crippen LogP contribution in [0, 0.1) is 5.92 Å². The Hall–Kier alpha value is -3.76. The number of ether oxygens (including phenoxy) is 2. The minimum atomic E-state index is -2.98. The predicted octanol–water partition coefficient (Wildman–Crippen LogP) is 3.38. The van der Waals surface area contributed by atoms with Crippen LogP contribution in [0.3, 0.4) is 0 Å². The molecule has 3 aliphatic rings. The zero-order valence-corrected chi connectivity index (χ0v) is 21.7. The summed E-state index contributed by atoms with van der Waals surface area (Å²) in [6.07, 6.45) is 4.40. The SMILES string of the molecule is CC(=O)N1CC(c2ccc(OC(F)F)c(OCC3CC3)c2)C[C@@H]1C(=O)NCc1cccc(C(=O)NC2CC2)n1. The predicted molar refractivity (Wildman–Crippen MR) is 136 cm³/mol. The Kier molecular flexibility index (Phi) is 7.94. The molecule has 2 heterocycles. The fourth-order valence-electron chi connectivity index (χ4n) is 4.74. The Bertz CT molecular complexity index is 1230. The lowest BCUT2D eigenvalue weighted by atomic mass is 9.95. The number of benzene rings is 1. The van der Waals surface area contributed by atoms with Crippen LogP contribution in [-0.4, -0.2) is 59.5 Å². The number of likely N-dealkylation sites (tertiary alicyclic amines) is 1. The number of aromatic nitrogens is 1. The number of pyridine rings is 1.